The van der Waals surface area contributed by atoms with Crippen LogP contribution in [0.1, 0.15) is 11.1 Å². The van der Waals surface area contributed by atoms with Crippen molar-refractivity contribution in [2.75, 3.05) is 11.9 Å². The maximum Gasteiger partial charge on any atom is 0.0441 e. The Hall–Kier alpha value is -1.74. The zero-order valence-corrected chi connectivity index (χ0v) is 9.48. The minimum Gasteiger partial charge on any atom is -0.370 e. The third-order valence-electron chi connectivity index (χ3n) is 2.69. The molecule has 1 aromatic carbocycles. The Bertz CT molecular complexity index is 417. The van der Waals surface area contributed by atoms with Gasteiger partial charge in [-0.2, -0.15) is 0 Å². The van der Waals surface area contributed by atoms with E-state index in [1.807, 2.05) is 12.4 Å². The summed E-state index contributed by atoms with van der Waals surface area (Å²) in [6, 6.07) is 10.4. The molecule has 0 fully saturated rings. The summed E-state index contributed by atoms with van der Waals surface area (Å²) in [5.74, 6) is 0. The predicted octanol–water partition coefficient (Wildman–Crippen LogP) is 2.11. The van der Waals surface area contributed by atoms with E-state index in [9.17, 15) is 0 Å². The molecule has 2 aromatic rings. The zero-order chi connectivity index (χ0) is 11.4. The van der Waals surface area contributed by atoms with Crippen LogP contribution < -0.4 is 10.6 Å². The summed E-state index contributed by atoms with van der Waals surface area (Å²) in [5.41, 5.74) is 9.22. The van der Waals surface area contributed by atoms with E-state index in [4.69, 9.17) is 5.73 Å². The fourth-order valence-electron chi connectivity index (χ4n) is 1.71. The van der Waals surface area contributed by atoms with Crippen molar-refractivity contribution in [2.24, 2.45) is 5.73 Å². The summed E-state index contributed by atoms with van der Waals surface area (Å²) < 4.78 is 0. The van der Waals surface area contributed by atoms with Gasteiger partial charge in [-0.1, -0.05) is 12.1 Å². The van der Waals surface area contributed by atoms with Crippen LogP contribution in [0.25, 0.3) is 0 Å². The molecule has 1 aromatic heterocycles. The summed E-state index contributed by atoms with van der Waals surface area (Å²) in [6.45, 7) is 1.51. The number of H-pyrrole nitrogens is 1. The fourth-order valence-corrected chi connectivity index (χ4v) is 1.71. The Morgan fingerprint density at radius 2 is 1.88 bits per heavy atom. The van der Waals surface area contributed by atoms with Crippen LogP contribution in [0.3, 0.4) is 0 Å². The third kappa shape index (κ3) is 2.44. The SMILES string of the molecule is CN(Cc1cc[nH]c1)c1ccc(CN)cc1. The summed E-state index contributed by atoms with van der Waals surface area (Å²) in [7, 11) is 2.09. The van der Waals surface area contributed by atoms with Gasteiger partial charge in [0.15, 0.2) is 0 Å². The number of aromatic nitrogens is 1. The zero-order valence-electron chi connectivity index (χ0n) is 9.48. The molecule has 0 amide bonds. The monoisotopic (exact) mass is 215 g/mol. The summed E-state index contributed by atoms with van der Waals surface area (Å²) in [6.07, 6.45) is 3.96. The molecule has 0 spiro atoms. The van der Waals surface area contributed by atoms with E-state index < -0.39 is 0 Å². The van der Waals surface area contributed by atoms with Crippen molar-refractivity contribution < 1.29 is 0 Å². The van der Waals surface area contributed by atoms with Crippen LogP contribution in [0.4, 0.5) is 5.69 Å². The van der Waals surface area contributed by atoms with Gasteiger partial charge in [-0.05, 0) is 29.3 Å². The van der Waals surface area contributed by atoms with Crippen molar-refractivity contribution in [1.82, 2.24) is 4.98 Å². The molecule has 0 aliphatic carbocycles. The van der Waals surface area contributed by atoms with Gasteiger partial charge in [0.1, 0.15) is 0 Å². The van der Waals surface area contributed by atoms with E-state index in [2.05, 4.69) is 47.3 Å². The number of nitrogens with zero attached hydrogens (tertiary/aromatic N) is 1. The van der Waals surface area contributed by atoms with E-state index >= 15 is 0 Å². The van der Waals surface area contributed by atoms with Crippen LogP contribution in [0.15, 0.2) is 42.7 Å². The van der Waals surface area contributed by atoms with Crippen LogP contribution >= 0.6 is 0 Å². The molecule has 0 saturated carbocycles. The lowest BCUT2D eigenvalue weighted by Crippen LogP contribution is -2.15. The molecular weight excluding hydrogens is 198 g/mol. The average Bonchev–Trinajstić information content (AvgIpc) is 2.82. The van der Waals surface area contributed by atoms with E-state index in [1.54, 1.807) is 0 Å². The minimum absolute atomic E-state index is 0.599. The highest BCUT2D eigenvalue weighted by Gasteiger charge is 2.02. The Labute approximate surface area is 95.9 Å². The van der Waals surface area contributed by atoms with E-state index in [0.29, 0.717) is 6.54 Å². The van der Waals surface area contributed by atoms with Crippen molar-refractivity contribution in [3.8, 4) is 0 Å². The number of rotatable bonds is 4. The summed E-state index contributed by atoms with van der Waals surface area (Å²) >= 11 is 0. The lowest BCUT2D eigenvalue weighted by molar-refractivity contribution is 0.923. The quantitative estimate of drug-likeness (QED) is 0.820. The highest BCUT2D eigenvalue weighted by Crippen LogP contribution is 2.15. The highest BCUT2D eigenvalue weighted by molar-refractivity contribution is 5.47. The normalized spacial score (nSPS) is 10.4. The minimum atomic E-state index is 0.599. The smallest absolute Gasteiger partial charge is 0.0441 e. The predicted molar refractivity (Wildman–Crippen MR) is 67.2 cm³/mol. The molecule has 16 heavy (non-hydrogen) atoms. The Morgan fingerprint density at radius 3 is 2.44 bits per heavy atom. The largest absolute Gasteiger partial charge is 0.370 e. The Balaban J connectivity index is 2.05. The van der Waals surface area contributed by atoms with Crippen molar-refractivity contribution in [3.05, 3.63) is 53.9 Å². The molecular formula is C13H17N3. The molecule has 0 atom stereocenters. The number of aromatic amines is 1. The topological polar surface area (TPSA) is 45.0 Å². The molecule has 0 saturated heterocycles. The molecule has 0 bridgehead atoms. The first-order chi connectivity index (χ1) is 7.79. The second-order valence-electron chi connectivity index (χ2n) is 3.95. The molecule has 0 unspecified atom stereocenters. The number of anilines is 1. The number of nitrogens with two attached hydrogens (primary N) is 1. The van der Waals surface area contributed by atoms with E-state index in [0.717, 1.165) is 6.54 Å². The first kappa shape index (κ1) is 10.8. The summed E-state index contributed by atoms with van der Waals surface area (Å²) in [4.78, 5) is 5.27. The van der Waals surface area contributed by atoms with E-state index in [1.165, 1.54) is 16.8 Å². The number of hydrogen-bond acceptors (Lipinski definition) is 2. The first-order valence-corrected chi connectivity index (χ1v) is 5.41. The van der Waals surface area contributed by atoms with Gasteiger partial charge in [0, 0.05) is 38.2 Å². The van der Waals surface area contributed by atoms with Crippen LogP contribution in [0.2, 0.25) is 0 Å². The highest BCUT2D eigenvalue weighted by atomic mass is 15.1. The van der Waals surface area contributed by atoms with E-state index in [-0.39, 0.29) is 0 Å². The van der Waals surface area contributed by atoms with Gasteiger partial charge in [0.2, 0.25) is 0 Å². The second-order valence-corrected chi connectivity index (χ2v) is 3.95. The maximum atomic E-state index is 5.57. The lowest BCUT2D eigenvalue weighted by Gasteiger charge is -2.18. The molecule has 2 rings (SSSR count). The molecule has 3 nitrogen and oxygen atoms in total. The third-order valence-corrected chi connectivity index (χ3v) is 2.69. The van der Waals surface area contributed by atoms with Gasteiger partial charge in [-0.3, -0.25) is 0 Å². The standard InChI is InChI=1S/C13H17N3/c1-16(10-12-6-7-15-9-12)13-4-2-11(8-14)3-5-13/h2-7,9,15H,8,10,14H2,1H3. The molecule has 0 aliphatic heterocycles. The lowest BCUT2D eigenvalue weighted by atomic mass is 10.2. The van der Waals surface area contributed by atoms with Crippen LogP contribution in [-0.2, 0) is 13.1 Å². The molecule has 3 heteroatoms. The van der Waals surface area contributed by atoms with Gasteiger partial charge < -0.3 is 15.6 Å². The Morgan fingerprint density at radius 1 is 1.12 bits per heavy atom. The van der Waals surface area contributed by atoms with Crippen molar-refractivity contribution in [1.29, 1.82) is 0 Å². The fraction of sp³-hybridized carbons (Fsp3) is 0.231. The summed E-state index contributed by atoms with van der Waals surface area (Å²) in [5, 5.41) is 0. The van der Waals surface area contributed by atoms with Gasteiger partial charge in [0.25, 0.3) is 0 Å². The number of nitrogens with one attached hydrogen (secondary N) is 1. The maximum absolute atomic E-state index is 5.57. The van der Waals surface area contributed by atoms with Gasteiger partial charge in [0.05, 0.1) is 0 Å². The van der Waals surface area contributed by atoms with Crippen LogP contribution in [-0.4, -0.2) is 12.0 Å². The van der Waals surface area contributed by atoms with Crippen LogP contribution in [0.5, 0.6) is 0 Å². The second kappa shape index (κ2) is 4.86. The Kier molecular flexibility index (Phi) is 3.27. The van der Waals surface area contributed by atoms with Gasteiger partial charge in [-0.25, -0.2) is 0 Å². The van der Waals surface area contributed by atoms with Crippen LogP contribution in [0, 0.1) is 0 Å². The van der Waals surface area contributed by atoms with Crippen molar-refractivity contribution in [2.45, 2.75) is 13.1 Å². The van der Waals surface area contributed by atoms with Gasteiger partial charge in [-0.15, -0.1) is 0 Å². The van der Waals surface area contributed by atoms with Crippen molar-refractivity contribution >= 4 is 5.69 Å². The molecule has 84 valence electrons. The molecule has 1 heterocycles. The molecule has 3 N–H and O–H groups in total. The average molecular weight is 215 g/mol. The number of hydrogen-bond donors (Lipinski definition) is 2. The van der Waals surface area contributed by atoms with Gasteiger partial charge >= 0.3 is 0 Å². The number of benzene rings is 1. The first-order valence-electron chi connectivity index (χ1n) is 5.41. The molecule has 0 aliphatic rings. The van der Waals surface area contributed by atoms with Crippen molar-refractivity contribution in [3.63, 3.8) is 0 Å². The molecule has 0 radical (unpaired) electrons.